The van der Waals surface area contributed by atoms with Gasteiger partial charge in [0.25, 0.3) is 0 Å². The molecule has 3 heteroatoms. The Morgan fingerprint density at radius 1 is 1.11 bits per heavy atom. The van der Waals surface area contributed by atoms with Gasteiger partial charge in [0.05, 0.1) is 0 Å². The molecule has 2 nitrogen and oxygen atoms in total. The molecule has 2 N–H and O–H groups in total. The van der Waals surface area contributed by atoms with Crippen molar-refractivity contribution in [3.63, 3.8) is 0 Å². The number of hydrogen-bond donors (Lipinski definition) is 1. The SMILES string of the molecule is Nc1c2c(nc3cc(-c4ccccc4)[se]c13)CCC2. The van der Waals surface area contributed by atoms with Crippen LogP contribution in [-0.2, 0) is 12.8 Å². The van der Waals surface area contributed by atoms with Crippen LogP contribution in [0.25, 0.3) is 19.8 Å². The second-order valence-corrected chi connectivity index (χ2v) is 7.20. The Bertz CT molecular complexity index is 759. The molecule has 94 valence electrons. The Kier molecular flexibility index (Phi) is 2.51. The number of aryl methyl sites for hydroxylation is 1. The van der Waals surface area contributed by atoms with Crippen molar-refractivity contribution in [3.05, 3.63) is 47.7 Å². The van der Waals surface area contributed by atoms with Crippen LogP contribution in [0.5, 0.6) is 0 Å². The summed E-state index contributed by atoms with van der Waals surface area (Å²) >= 11 is 0.297. The third kappa shape index (κ3) is 1.73. The van der Waals surface area contributed by atoms with Crippen molar-refractivity contribution in [1.29, 1.82) is 0 Å². The van der Waals surface area contributed by atoms with E-state index in [1.165, 1.54) is 31.9 Å². The van der Waals surface area contributed by atoms with E-state index in [0.29, 0.717) is 14.5 Å². The van der Waals surface area contributed by atoms with Crippen LogP contribution in [0.15, 0.2) is 36.4 Å². The molecule has 2 heterocycles. The minimum atomic E-state index is 0.297. The molecule has 1 aliphatic rings. The van der Waals surface area contributed by atoms with E-state index >= 15 is 0 Å². The molecular weight excluding hydrogens is 299 g/mol. The minimum absolute atomic E-state index is 0.297. The van der Waals surface area contributed by atoms with Crippen LogP contribution in [0, 0.1) is 0 Å². The van der Waals surface area contributed by atoms with Crippen LogP contribution in [-0.4, -0.2) is 19.5 Å². The van der Waals surface area contributed by atoms with Gasteiger partial charge in [0.2, 0.25) is 0 Å². The van der Waals surface area contributed by atoms with E-state index in [-0.39, 0.29) is 0 Å². The molecule has 3 aromatic rings. The summed E-state index contributed by atoms with van der Waals surface area (Å²) in [5.41, 5.74) is 12.4. The summed E-state index contributed by atoms with van der Waals surface area (Å²) in [5.74, 6) is 0. The molecule has 0 bridgehead atoms. The van der Waals surface area contributed by atoms with Crippen molar-refractivity contribution in [2.45, 2.75) is 19.3 Å². The fraction of sp³-hybridized carbons (Fsp3) is 0.188. The monoisotopic (exact) mass is 314 g/mol. The van der Waals surface area contributed by atoms with E-state index in [4.69, 9.17) is 10.7 Å². The Labute approximate surface area is 118 Å². The topological polar surface area (TPSA) is 38.9 Å². The van der Waals surface area contributed by atoms with Crippen LogP contribution in [0.1, 0.15) is 17.7 Å². The van der Waals surface area contributed by atoms with Gasteiger partial charge < -0.3 is 0 Å². The zero-order valence-corrected chi connectivity index (χ0v) is 12.2. The number of aromatic nitrogens is 1. The Morgan fingerprint density at radius 3 is 2.79 bits per heavy atom. The van der Waals surface area contributed by atoms with Crippen LogP contribution in [0.3, 0.4) is 0 Å². The van der Waals surface area contributed by atoms with Gasteiger partial charge in [-0.3, -0.25) is 0 Å². The molecule has 0 saturated heterocycles. The maximum atomic E-state index is 6.37. The summed E-state index contributed by atoms with van der Waals surface area (Å²) in [6, 6.07) is 12.8. The predicted molar refractivity (Wildman–Crippen MR) is 80.6 cm³/mol. The van der Waals surface area contributed by atoms with Crippen LogP contribution < -0.4 is 5.73 Å². The van der Waals surface area contributed by atoms with Crippen molar-refractivity contribution >= 4 is 30.0 Å². The van der Waals surface area contributed by atoms with Gasteiger partial charge in [0, 0.05) is 0 Å². The molecule has 0 unspecified atom stereocenters. The number of anilines is 1. The molecule has 2 aromatic heterocycles. The second kappa shape index (κ2) is 4.22. The van der Waals surface area contributed by atoms with Crippen molar-refractivity contribution in [1.82, 2.24) is 4.98 Å². The van der Waals surface area contributed by atoms with Crippen LogP contribution in [0.2, 0.25) is 0 Å². The molecular formula is C16H14N2Se. The Morgan fingerprint density at radius 2 is 1.95 bits per heavy atom. The van der Waals surface area contributed by atoms with Crippen LogP contribution >= 0.6 is 0 Å². The first-order valence-corrected chi connectivity index (χ1v) is 8.30. The first-order valence-electron chi connectivity index (χ1n) is 6.59. The van der Waals surface area contributed by atoms with Gasteiger partial charge in [-0.05, 0) is 0 Å². The van der Waals surface area contributed by atoms with Crippen molar-refractivity contribution in [3.8, 4) is 10.0 Å². The van der Waals surface area contributed by atoms with Gasteiger partial charge in [-0.1, -0.05) is 0 Å². The molecule has 0 atom stereocenters. The van der Waals surface area contributed by atoms with Gasteiger partial charge in [0.1, 0.15) is 0 Å². The van der Waals surface area contributed by atoms with E-state index in [1.54, 1.807) is 0 Å². The zero-order valence-electron chi connectivity index (χ0n) is 10.5. The summed E-state index contributed by atoms with van der Waals surface area (Å²) in [4.78, 5) is 4.83. The van der Waals surface area contributed by atoms with E-state index in [0.717, 1.165) is 24.0 Å². The third-order valence-corrected chi connectivity index (χ3v) is 6.32. The average Bonchev–Trinajstić information content (AvgIpc) is 3.06. The van der Waals surface area contributed by atoms with Crippen molar-refractivity contribution in [2.24, 2.45) is 0 Å². The first-order chi connectivity index (χ1) is 9.33. The van der Waals surface area contributed by atoms with E-state index < -0.39 is 0 Å². The molecule has 1 aromatic carbocycles. The number of benzene rings is 1. The molecule has 1 aliphatic carbocycles. The number of fused-ring (bicyclic) bond motifs is 2. The summed E-state index contributed by atoms with van der Waals surface area (Å²) in [6.07, 6.45) is 3.41. The van der Waals surface area contributed by atoms with Gasteiger partial charge in [-0.25, -0.2) is 0 Å². The molecule has 0 amide bonds. The van der Waals surface area contributed by atoms with Gasteiger partial charge in [0.15, 0.2) is 0 Å². The fourth-order valence-electron chi connectivity index (χ4n) is 2.83. The number of nitrogen functional groups attached to an aromatic ring is 1. The van der Waals surface area contributed by atoms with Crippen molar-refractivity contribution in [2.75, 3.05) is 5.73 Å². The second-order valence-electron chi connectivity index (χ2n) is 5.00. The van der Waals surface area contributed by atoms with Gasteiger partial charge >= 0.3 is 118 Å². The molecule has 0 saturated carbocycles. The third-order valence-electron chi connectivity index (χ3n) is 3.78. The predicted octanol–water partition coefficient (Wildman–Crippen LogP) is 3.03. The molecule has 0 spiro atoms. The summed E-state index contributed by atoms with van der Waals surface area (Å²) in [5, 5.41) is 0. The van der Waals surface area contributed by atoms with Crippen LogP contribution in [0.4, 0.5) is 5.69 Å². The van der Waals surface area contributed by atoms with Crippen molar-refractivity contribution < 1.29 is 0 Å². The first kappa shape index (κ1) is 11.3. The number of rotatable bonds is 1. The fourth-order valence-corrected chi connectivity index (χ4v) is 5.11. The molecule has 19 heavy (non-hydrogen) atoms. The standard InChI is InChI=1S/C16H14N2Se/c17-15-11-7-4-8-12(11)18-13-9-14(19-16(13)15)10-5-2-1-3-6-10/h1-3,5-6,9H,4,7-8H2,(H2,17,18). The Balaban J connectivity index is 1.96. The quantitative estimate of drug-likeness (QED) is 0.701. The summed E-state index contributed by atoms with van der Waals surface area (Å²) in [6.45, 7) is 0. The molecule has 0 radical (unpaired) electrons. The van der Waals surface area contributed by atoms with E-state index in [9.17, 15) is 0 Å². The number of pyridine rings is 1. The zero-order chi connectivity index (χ0) is 12.8. The summed E-state index contributed by atoms with van der Waals surface area (Å²) < 4.78 is 2.69. The molecule has 4 rings (SSSR count). The number of hydrogen-bond acceptors (Lipinski definition) is 2. The Hall–Kier alpha value is -1.57. The average molecular weight is 313 g/mol. The van der Waals surface area contributed by atoms with E-state index in [2.05, 4.69) is 36.4 Å². The van der Waals surface area contributed by atoms with Gasteiger partial charge in [-0.15, -0.1) is 0 Å². The van der Waals surface area contributed by atoms with Gasteiger partial charge in [-0.2, -0.15) is 0 Å². The maximum absolute atomic E-state index is 6.37. The summed E-state index contributed by atoms with van der Waals surface area (Å²) in [7, 11) is 0. The molecule has 0 aliphatic heterocycles. The molecule has 0 fully saturated rings. The number of nitrogens with zero attached hydrogens (tertiary/aromatic N) is 1. The normalized spacial score (nSPS) is 13.9. The number of nitrogens with two attached hydrogens (primary N) is 1. The van der Waals surface area contributed by atoms with E-state index in [1.807, 2.05) is 0 Å².